The van der Waals surface area contributed by atoms with Gasteiger partial charge in [0.25, 0.3) is 0 Å². The van der Waals surface area contributed by atoms with Gasteiger partial charge in [0, 0.05) is 20.1 Å². The molecule has 3 nitrogen and oxygen atoms in total. The van der Waals surface area contributed by atoms with E-state index in [4.69, 9.17) is 9.57 Å². The zero-order chi connectivity index (χ0) is 10.7. The third-order valence-electron chi connectivity index (χ3n) is 2.68. The SMILES string of the molecule is CCO[C@H]1C[C@@H](c2ccccc2)N(C)O1. The molecule has 3 heteroatoms. The Balaban J connectivity index is 2.05. The first-order valence-electron chi connectivity index (χ1n) is 5.37. The van der Waals surface area contributed by atoms with Crippen LogP contribution in [0, 0.1) is 0 Å². The van der Waals surface area contributed by atoms with Gasteiger partial charge in [-0.05, 0) is 12.5 Å². The second-order valence-corrected chi connectivity index (χ2v) is 3.70. The molecule has 0 aromatic heterocycles. The molecular formula is C12H17NO2. The Kier molecular flexibility index (Phi) is 3.36. The average molecular weight is 207 g/mol. The Morgan fingerprint density at radius 1 is 1.40 bits per heavy atom. The minimum Gasteiger partial charge on any atom is -0.351 e. The van der Waals surface area contributed by atoms with E-state index in [1.807, 2.05) is 25.1 Å². The van der Waals surface area contributed by atoms with Crippen molar-refractivity contribution < 1.29 is 9.57 Å². The molecule has 0 N–H and O–H groups in total. The molecule has 1 fully saturated rings. The standard InChI is InChI=1S/C12H17NO2/c1-3-14-12-9-11(13(2)15-12)10-7-5-4-6-8-10/h4-8,11-12H,3,9H2,1-2H3/t11-,12+/m0/s1. The van der Waals surface area contributed by atoms with Crippen LogP contribution in [0.5, 0.6) is 0 Å². The lowest BCUT2D eigenvalue weighted by Gasteiger charge is -2.16. The van der Waals surface area contributed by atoms with E-state index in [1.165, 1.54) is 5.56 Å². The van der Waals surface area contributed by atoms with Crippen LogP contribution >= 0.6 is 0 Å². The van der Waals surface area contributed by atoms with E-state index in [9.17, 15) is 0 Å². The van der Waals surface area contributed by atoms with E-state index >= 15 is 0 Å². The highest BCUT2D eigenvalue weighted by Gasteiger charge is 2.32. The molecule has 0 unspecified atom stereocenters. The predicted molar refractivity (Wildman–Crippen MR) is 58.1 cm³/mol. The first kappa shape index (κ1) is 10.6. The molecule has 15 heavy (non-hydrogen) atoms. The van der Waals surface area contributed by atoms with E-state index < -0.39 is 0 Å². The van der Waals surface area contributed by atoms with Gasteiger partial charge in [0.1, 0.15) is 0 Å². The highest BCUT2D eigenvalue weighted by molar-refractivity contribution is 5.19. The molecule has 2 rings (SSSR count). The van der Waals surface area contributed by atoms with Crippen LogP contribution < -0.4 is 0 Å². The summed E-state index contributed by atoms with van der Waals surface area (Å²) in [7, 11) is 1.96. The Morgan fingerprint density at radius 3 is 2.80 bits per heavy atom. The summed E-state index contributed by atoms with van der Waals surface area (Å²) < 4.78 is 5.46. The van der Waals surface area contributed by atoms with Crippen LogP contribution in [0.4, 0.5) is 0 Å². The summed E-state index contributed by atoms with van der Waals surface area (Å²) in [5.41, 5.74) is 1.28. The molecule has 1 aliphatic heterocycles. The maximum absolute atomic E-state index is 5.58. The zero-order valence-electron chi connectivity index (χ0n) is 9.22. The maximum Gasteiger partial charge on any atom is 0.179 e. The van der Waals surface area contributed by atoms with Crippen molar-refractivity contribution in [1.82, 2.24) is 5.06 Å². The Hall–Kier alpha value is -0.900. The van der Waals surface area contributed by atoms with Crippen molar-refractivity contribution in [1.29, 1.82) is 0 Å². The van der Waals surface area contributed by atoms with Crippen molar-refractivity contribution in [2.75, 3.05) is 13.7 Å². The number of hydroxylamine groups is 2. The van der Waals surface area contributed by atoms with E-state index in [1.54, 1.807) is 0 Å². The molecule has 0 saturated carbocycles. The summed E-state index contributed by atoms with van der Waals surface area (Å²) >= 11 is 0. The fourth-order valence-corrected chi connectivity index (χ4v) is 1.94. The number of rotatable bonds is 3. The van der Waals surface area contributed by atoms with Gasteiger partial charge in [0.2, 0.25) is 0 Å². The van der Waals surface area contributed by atoms with Crippen LogP contribution in [0.3, 0.4) is 0 Å². The number of ether oxygens (including phenoxy) is 1. The van der Waals surface area contributed by atoms with Crippen LogP contribution in [-0.2, 0) is 9.57 Å². The summed E-state index contributed by atoms with van der Waals surface area (Å²) in [5.74, 6) is 0. The van der Waals surface area contributed by atoms with Crippen LogP contribution in [0.15, 0.2) is 30.3 Å². The lowest BCUT2D eigenvalue weighted by atomic mass is 10.0. The van der Waals surface area contributed by atoms with Gasteiger partial charge in [-0.1, -0.05) is 30.3 Å². The first-order chi connectivity index (χ1) is 7.31. The average Bonchev–Trinajstić information content (AvgIpc) is 2.61. The fourth-order valence-electron chi connectivity index (χ4n) is 1.94. The molecule has 0 aliphatic carbocycles. The molecule has 0 spiro atoms. The van der Waals surface area contributed by atoms with Gasteiger partial charge in [0.05, 0.1) is 6.04 Å². The third kappa shape index (κ3) is 2.37. The quantitative estimate of drug-likeness (QED) is 0.759. The molecule has 0 radical (unpaired) electrons. The highest BCUT2D eigenvalue weighted by atomic mass is 16.8. The van der Waals surface area contributed by atoms with Crippen molar-refractivity contribution in [2.45, 2.75) is 25.7 Å². The normalized spacial score (nSPS) is 27.1. The highest BCUT2D eigenvalue weighted by Crippen LogP contribution is 2.32. The van der Waals surface area contributed by atoms with Crippen molar-refractivity contribution in [3.05, 3.63) is 35.9 Å². The van der Waals surface area contributed by atoms with Gasteiger partial charge in [-0.3, -0.25) is 4.84 Å². The lowest BCUT2D eigenvalue weighted by molar-refractivity contribution is -0.227. The summed E-state index contributed by atoms with van der Waals surface area (Å²) in [6.07, 6.45) is 0.805. The predicted octanol–water partition coefficient (Wildman–Crippen LogP) is 2.36. The molecule has 1 heterocycles. The van der Waals surface area contributed by atoms with Gasteiger partial charge in [-0.25, -0.2) is 0 Å². The van der Waals surface area contributed by atoms with Gasteiger partial charge >= 0.3 is 0 Å². The Morgan fingerprint density at radius 2 is 2.13 bits per heavy atom. The second kappa shape index (κ2) is 4.75. The van der Waals surface area contributed by atoms with E-state index in [-0.39, 0.29) is 6.29 Å². The smallest absolute Gasteiger partial charge is 0.179 e. The minimum atomic E-state index is -0.0924. The van der Waals surface area contributed by atoms with Crippen molar-refractivity contribution in [2.24, 2.45) is 0 Å². The molecule has 0 amide bonds. The largest absolute Gasteiger partial charge is 0.351 e. The van der Waals surface area contributed by atoms with Crippen LogP contribution in [0.1, 0.15) is 24.9 Å². The van der Waals surface area contributed by atoms with Gasteiger partial charge in [0.15, 0.2) is 6.29 Å². The summed E-state index contributed by atoms with van der Waals surface area (Å²) in [5, 5.41) is 1.88. The number of benzene rings is 1. The summed E-state index contributed by atoms with van der Waals surface area (Å²) in [6, 6.07) is 10.7. The maximum atomic E-state index is 5.58. The van der Waals surface area contributed by atoms with Gasteiger partial charge in [-0.2, -0.15) is 5.06 Å². The molecule has 0 bridgehead atoms. The van der Waals surface area contributed by atoms with Crippen molar-refractivity contribution in [3.8, 4) is 0 Å². The van der Waals surface area contributed by atoms with E-state index in [2.05, 4.69) is 24.3 Å². The van der Waals surface area contributed by atoms with Crippen LogP contribution in [0.25, 0.3) is 0 Å². The van der Waals surface area contributed by atoms with E-state index in [0.29, 0.717) is 12.6 Å². The number of nitrogens with zero attached hydrogens (tertiary/aromatic N) is 1. The van der Waals surface area contributed by atoms with Crippen molar-refractivity contribution >= 4 is 0 Å². The lowest BCUT2D eigenvalue weighted by Crippen LogP contribution is -2.17. The van der Waals surface area contributed by atoms with Gasteiger partial charge in [-0.15, -0.1) is 0 Å². The van der Waals surface area contributed by atoms with Crippen LogP contribution in [-0.4, -0.2) is 25.0 Å². The molecule has 1 aromatic carbocycles. The molecular weight excluding hydrogens is 190 g/mol. The second-order valence-electron chi connectivity index (χ2n) is 3.70. The molecule has 1 aromatic rings. The Labute approximate surface area is 90.6 Å². The molecule has 82 valence electrons. The van der Waals surface area contributed by atoms with E-state index in [0.717, 1.165) is 6.42 Å². The van der Waals surface area contributed by atoms with Crippen LogP contribution in [0.2, 0.25) is 0 Å². The molecule has 2 atom stereocenters. The summed E-state index contributed by atoms with van der Waals surface area (Å²) in [4.78, 5) is 5.58. The Bertz CT molecular complexity index is 302. The zero-order valence-corrected chi connectivity index (χ0v) is 9.22. The van der Waals surface area contributed by atoms with Gasteiger partial charge < -0.3 is 4.74 Å². The third-order valence-corrected chi connectivity index (χ3v) is 2.68. The number of hydrogen-bond acceptors (Lipinski definition) is 3. The monoisotopic (exact) mass is 207 g/mol. The first-order valence-corrected chi connectivity index (χ1v) is 5.37. The molecule has 1 saturated heterocycles. The summed E-state index contributed by atoms with van der Waals surface area (Å²) in [6.45, 7) is 2.68. The minimum absolute atomic E-state index is 0.0924. The topological polar surface area (TPSA) is 21.7 Å². The fraction of sp³-hybridized carbons (Fsp3) is 0.500. The number of hydrogen-bond donors (Lipinski definition) is 0. The molecule has 1 aliphatic rings. The van der Waals surface area contributed by atoms with Crippen molar-refractivity contribution in [3.63, 3.8) is 0 Å².